The highest BCUT2D eigenvalue weighted by Gasteiger charge is 2.58. The maximum atomic E-state index is 12.6. The average Bonchev–Trinajstić information content (AvgIpc) is 3.10. The van der Waals surface area contributed by atoms with Gasteiger partial charge in [0.2, 0.25) is 0 Å². The SMILES string of the molecule is O=C(O)C1CCCN(S(=O)(=O)NC2C3CC4COC2C4C3)C1. The van der Waals surface area contributed by atoms with E-state index in [-0.39, 0.29) is 18.7 Å². The van der Waals surface area contributed by atoms with Crippen molar-refractivity contribution in [1.82, 2.24) is 9.03 Å². The van der Waals surface area contributed by atoms with Crippen molar-refractivity contribution >= 4 is 16.2 Å². The first-order chi connectivity index (χ1) is 10.5. The minimum atomic E-state index is -3.64. The first kappa shape index (κ1) is 14.9. The van der Waals surface area contributed by atoms with E-state index in [9.17, 15) is 13.2 Å². The summed E-state index contributed by atoms with van der Waals surface area (Å²) in [5.41, 5.74) is 0. The van der Waals surface area contributed by atoms with Crippen molar-refractivity contribution in [3.8, 4) is 0 Å². The summed E-state index contributed by atoms with van der Waals surface area (Å²) < 4.78 is 35.2. The number of hydrogen-bond donors (Lipinski definition) is 2. The quantitative estimate of drug-likeness (QED) is 0.759. The smallest absolute Gasteiger partial charge is 0.307 e. The van der Waals surface area contributed by atoms with Crippen molar-refractivity contribution in [2.75, 3.05) is 19.7 Å². The van der Waals surface area contributed by atoms with Crippen LogP contribution in [-0.2, 0) is 19.7 Å². The lowest BCUT2D eigenvalue weighted by molar-refractivity contribution is -0.142. The molecule has 0 aromatic heterocycles. The zero-order chi connectivity index (χ0) is 15.5. The van der Waals surface area contributed by atoms with Gasteiger partial charge in [0.25, 0.3) is 10.2 Å². The molecule has 2 aliphatic heterocycles. The summed E-state index contributed by atoms with van der Waals surface area (Å²) in [6, 6.07) is -0.140. The second-order valence-electron chi connectivity index (χ2n) is 7.14. The fourth-order valence-electron chi connectivity index (χ4n) is 4.86. The van der Waals surface area contributed by atoms with E-state index in [4.69, 9.17) is 9.84 Å². The molecule has 22 heavy (non-hydrogen) atoms. The predicted octanol–water partition coefficient (Wildman–Crippen LogP) is 0.0408. The molecule has 2 aliphatic carbocycles. The number of nitrogens with zero attached hydrogens (tertiary/aromatic N) is 1. The van der Waals surface area contributed by atoms with Gasteiger partial charge in [-0.3, -0.25) is 4.79 Å². The molecule has 4 fully saturated rings. The number of carboxylic acids is 1. The first-order valence-electron chi connectivity index (χ1n) is 8.07. The van der Waals surface area contributed by atoms with E-state index in [1.807, 2.05) is 0 Å². The molecule has 7 nitrogen and oxygen atoms in total. The van der Waals surface area contributed by atoms with Gasteiger partial charge in [0.15, 0.2) is 0 Å². The Morgan fingerprint density at radius 1 is 1.27 bits per heavy atom. The highest BCUT2D eigenvalue weighted by atomic mass is 32.2. The third-order valence-corrected chi connectivity index (χ3v) is 7.51. The lowest BCUT2D eigenvalue weighted by atomic mass is 9.87. The summed E-state index contributed by atoms with van der Waals surface area (Å²) in [4.78, 5) is 11.1. The fraction of sp³-hybridized carbons (Fsp3) is 0.929. The topological polar surface area (TPSA) is 95.9 Å². The van der Waals surface area contributed by atoms with Gasteiger partial charge in [0.05, 0.1) is 24.7 Å². The van der Waals surface area contributed by atoms with Gasteiger partial charge in [-0.25, -0.2) is 0 Å². The van der Waals surface area contributed by atoms with Gasteiger partial charge in [-0.15, -0.1) is 0 Å². The van der Waals surface area contributed by atoms with E-state index in [0.29, 0.717) is 37.1 Å². The number of carbonyl (C=O) groups is 1. The monoisotopic (exact) mass is 330 g/mol. The van der Waals surface area contributed by atoms with E-state index in [1.165, 1.54) is 4.31 Å². The minimum absolute atomic E-state index is 0.0126. The molecular weight excluding hydrogens is 308 g/mol. The van der Waals surface area contributed by atoms with Gasteiger partial charge in [-0.1, -0.05) is 0 Å². The zero-order valence-electron chi connectivity index (χ0n) is 12.3. The molecule has 124 valence electrons. The Bertz CT molecular complexity index is 578. The van der Waals surface area contributed by atoms with Crippen LogP contribution in [0, 0.1) is 23.7 Å². The molecule has 6 atom stereocenters. The Morgan fingerprint density at radius 3 is 2.86 bits per heavy atom. The highest BCUT2D eigenvalue weighted by Crippen LogP contribution is 2.54. The van der Waals surface area contributed by atoms with Crippen molar-refractivity contribution in [3.05, 3.63) is 0 Å². The van der Waals surface area contributed by atoms with Gasteiger partial charge >= 0.3 is 5.97 Å². The van der Waals surface area contributed by atoms with Crippen LogP contribution in [0.1, 0.15) is 25.7 Å². The molecule has 2 saturated heterocycles. The van der Waals surface area contributed by atoms with Crippen LogP contribution in [0.2, 0.25) is 0 Å². The van der Waals surface area contributed by atoms with E-state index in [0.717, 1.165) is 19.4 Å². The van der Waals surface area contributed by atoms with Gasteiger partial charge in [-0.05, 0) is 43.4 Å². The summed E-state index contributed by atoms with van der Waals surface area (Å²) in [5, 5.41) is 9.12. The average molecular weight is 330 g/mol. The third-order valence-electron chi connectivity index (χ3n) is 5.93. The second-order valence-corrected chi connectivity index (χ2v) is 8.84. The van der Waals surface area contributed by atoms with Gasteiger partial charge in [-0.2, -0.15) is 17.4 Å². The molecule has 2 saturated carbocycles. The highest BCUT2D eigenvalue weighted by molar-refractivity contribution is 7.87. The van der Waals surface area contributed by atoms with E-state index in [1.54, 1.807) is 0 Å². The molecular formula is C14H22N2O5S. The van der Waals surface area contributed by atoms with Gasteiger partial charge in [0, 0.05) is 13.1 Å². The van der Waals surface area contributed by atoms with Crippen molar-refractivity contribution < 1.29 is 23.1 Å². The third kappa shape index (κ3) is 2.28. The number of carboxylic acid groups (broad SMARTS) is 1. The molecule has 0 aromatic rings. The molecule has 4 rings (SSSR count). The Labute approximate surface area is 130 Å². The largest absolute Gasteiger partial charge is 0.481 e. The van der Waals surface area contributed by atoms with Gasteiger partial charge < -0.3 is 9.84 Å². The lowest BCUT2D eigenvalue weighted by Gasteiger charge is -2.33. The zero-order valence-corrected chi connectivity index (χ0v) is 13.2. The van der Waals surface area contributed by atoms with Crippen LogP contribution in [0.5, 0.6) is 0 Å². The first-order valence-corrected chi connectivity index (χ1v) is 9.51. The maximum absolute atomic E-state index is 12.6. The summed E-state index contributed by atoms with van der Waals surface area (Å²) in [6.45, 7) is 1.22. The lowest BCUT2D eigenvalue weighted by Crippen LogP contribution is -2.54. The second kappa shape index (κ2) is 5.15. The normalized spacial score (nSPS) is 44.5. The van der Waals surface area contributed by atoms with Crippen LogP contribution in [0.15, 0.2) is 0 Å². The standard InChI is InChI=1S/C14H22N2O5S/c17-14(18)8-2-1-3-16(6-8)22(19,20)15-12-9-4-10-7-21-13(12)11(10)5-9/h8-13,15H,1-7H2,(H,17,18). The van der Waals surface area contributed by atoms with Crippen LogP contribution in [0.25, 0.3) is 0 Å². The molecule has 0 spiro atoms. The predicted molar refractivity (Wildman–Crippen MR) is 77.2 cm³/mol. The number of nitrogens with one attached hydrogen (secondary N) is 1. The molecule has 2 N–H and O–H groups in total. The fourth-order valence-corrected chi connectivity index (χ4v) is 6.42. The van der Waals surface area contributed by atoms with Crippen LogP contribution in [-0.4, -0.2) is 55.6 Å². The number of hydrogen-bond acceptors (Lipinski definition) is 4. The Morgan fingerprint density at radius 2 is 2.09 bits per heavy atom. The van der Waals surface area contributed by atoms with Crippen LogP contribution >= 0.6 is 0 Å². The molecule has 0 amide bonds. The maximum Gasteiger partial charge on any atom is 0.307 e. The van der Waals surface area contributed by atoms with E-state index < -0.39 is 22.1 Å². The van der Waals surface area contributed by atoms with Crippen molar-refractivity contribution in [2.24, 2.45) is 23.7 Å². The van der Waals surface area contributed by atoms with E-state index >= 15 is 0 Å². The molecule has 6 unspecified atom stereocenters. The molecule has 2 heterocycles. The van der Waals surface area contributed by atoms with Crippen molar-refractivity contribution in [2.45, 2.75) is 37.8 Å². The van der Waals surface area contributed by atoms with Crippen LogP contribution < -0.4 is 4.72 Å². The molecule has 0 aromatic carbocycles. The number of fused-ring (bicyclic) bond motifs is 1. The van der Waals surface area contributed by atoms with Crippen LogP contribution in [0.4, 0.5) is 0 Å². The minimum Gasteiger partial charge on any atom is -0.481 e. The Kier molecular flexibility index (Phi) is 3.48. The van der Waals surface area contributed by atoms with Crippen LogP contribution in [0.3, 0.4) is 0 Å². The van der Waals surface area contributed by atoms with Gasteiger partial charge in [0.1, 0.15) is 0 Å². The number of aliphatic carboxylic acids is 1. The van der Waals surface area contributed by atoms with Crippen molar-refractivity contribution in [3.63, 3.8) is 0 Å². The van der Waals surface area contributed by atoms with Crippen molar-refractivity contribution in [1.29, 1.82) is 0 Å². The Hall–Kier alpha value is -0.700. The molecule has 0 radical (unpaired) electrons. The number of rotatable bonds is 4. The summed E-state index contributed by atoms with van der Waals surface area (Å²) in [6.07, 6.45) is 3.25. The summed E-state index contributed by atoms with van der Waals surface area (Å²) >= 11 is 0. The molecule has 4 aliphatic rings. The molecule has 8 heteroatoms. The number of ether oxygens (including phenoxy) is 1. The van der Waals surface area contributed by atoms with E-state index in [2.05, 4.69) is 4.72 Å². The molecule has 2 bridgehead atoms. The summed E-state index contributed by atoms with van der Waals surface area (Å²) in [5.74, 6) is -0.0236. The summed E-state index contributed by atoms with van der Waals surface area (Å²) in [7, 11) is -3.64. The Balaban J connectivity index is 1.47. The number of piperidine rings is 1.